The molecule has 0 spiro atoms. The molecule has 0 saturated carbocycles. The monoisotopic (exact) mass is 297 g/mol. The second kappa shape index (κ2) is 12.9. The maximum Gasteiger partial charge on any atom is 0.214 e. The van der Waals surface area contributed by atoms with E-state index < -0.39 is 9.04 Å². The molecule has 1 aliphatic heterocycles. The van der Waals surface area contributed by atoms with E-state index in [2.05, 4.69) is 13.8 Å². The van der Waals surface area contributed by atoms with Gasteiger partial charge in [0, 0.05) is 6.61 Å². The third-order valence-electron chi connectivity index (χ3n) is 4.65. The highest BCUT2D eigenvalue weighted by molar-refractivity contribution is 6.53. The number of hydrogen-bond donors (Lipinski definition) is 0. The summed E-state index contributed by atoms with van der Waals surface area (Å²) in [4.78, 5) is 0. The average molecular weight is 298 g/mol. The van der Waals surface area contributed by atoms with Crippen molar-refractivity contribution in [3.05, 3.63) is 0 Å². The maximum atomic E-state index is 5.98. The van der Waals surface area contributed by atoms with Gasteiger partial charge in [-0.3, -0.25) is 0 Å². The van der Waals surface area contributed by atoms with Crippen LogP contribution in [0.5, 0.6) is 0 Å². The van der Waals surface area contributed by atoms with Crippen LogP contribution in [0.1, 0.15) is 97.3 Å². The minimum absolute atomic E-state index is 0.435. The summed E-state index contributed by atoms with van der Waals surface area (Å²) in [6.45, 7) is 5.78. The summed E-state index contributed by atoms with van der Waals surface area (Å²) < 4.78 is 5.98. The Hall–Kier alpha value is 0.177. The minimum atomic E-state index is -0.435. The van der Waals surface area contributed by atoms with Crippen molar-refractivity contribution in [1.29, 1.82) is 0 Å². The minimum Gasteiger partial charge on any atom is -0.416 e. The fourth-order valence-corrected chi connectivity index (χ4v) is 5.62. The van der Waals surface area contributed by atoms with Gasteiger partial charge in [-0.1, -0.05) is 90.9 Å². The van der Waals surface area contributed by atoms with Crippen LogP contribution < -0.4 is 0 Å². The van der Waals surface area contributed by atoms with Crippen LogP contribution in [0.2, 0.25) is 11.6 Å². The molecule has 1 radical (unpaired) electrons. The molecule has 1 fully saturated rings. The van der Waals surface area contributed by atoms with Gasteiger partial charge in [-0.25, -0.2) is 0 Å². The molecule has 0 aromatic heterocycles. The molecule has 0 aliphatic carbocycles. The average Bonchev–Trinajstić information content (AvgIpc) is 2.50. The van der Waals surface area contributed by atoms with Crippen LogP contribution in [0.15, 0.2) is 0 Å². The zero-order chi connectivity index (χ0) is 14.5. The van der Waals surface area contributed by atoms with Gasteiger partial charge in [-0.2, -0.15) is 0 Å². The smallest absolute Gasteiger partial charge is 0.214 e. The first kappa shape index (κ1) is 18.2. The van der Waals surface area contributed by atoms with Gasteiger partial charge in [0.1, 0.15) is 0 Å². The Labute approximate surface area is 129 Å². The first-order valence-corrected chi connectivity index (χ1v) is 11.0. The summed E-state index contributed by atoms with van der Waals surface area (Å²) in [5.41, 5.74) is 0.884. The molecule has 2 heteroatoms. The largest absolute Gasteiger partial charge is 0.416 e. The van der Waals surface area contributed by atoms with E-state index in [-0.39, 0.29) is 0 Å². The van der Waals surface area contributed by atoms with Crippen molar-refractivity contribution in [2.75, 3.05) is 6.61 Å². The molecular weight excluding hydrogens is 260 g/mol. The van der Waals surface area contributed by atoms with Crippen LogP contribution in [-0.2, 0) is 4.43 Å². The van der Waals surface area contributed by atoms with E-state index >= 15 is 0 Å². The van der Waals surface area contributed by atoms with Gasteiger partial charge in [-0.05, 0) is 18.0 Å². The highest BCUT2D eigenvalue weighted by atomic mass is 28.3. The van der Waals surface area contributed by atoms with Crippen molar-refractivity contribution in [3.63, 3.8) is 0 Å². The summed E-state index contributed by atoms with van der Waals surface area (Å²) >= 11 is 0. The maximum absolute atomic E-state index is 5.98. The highest BCUT2D eigenvalue weighted by Gasteiger charge is 2.23. The van der Waals surface area contributed by atoms with Gasteiger partial charge in [0.25, 0.3) is 0 Å². The Bertz CT molecular complexity index is 202. The summed E-state index contributed by atoms with van der Waals surface area (Å²) in [6.07, 6.45) is 18.6. The Morgan fingerprint density at radius 3 is 2.00 bits per heavy atom. The first-order valence-electron chi connectivity index (χ1n) is 9.33. The van der Waals surface area contributed by atoms with Crippen molar-refractivity contribution in [2.24, 2.45) is 0 Å². The van der Waals surface area contributed by atoms with Crippen LogP contribution >= 0.6 is 0 Å². The lowest BCUT2D eigenvalue weighted by Gasteiger charge is -2.25. The Kier molecular flexibility index (Phi) is 11.7. The molecule has 0 bridgehead atoms. The van der Waals surface area contributed by atoms with Crippen LogP contribution in [0.25, 0.3) is 0 Å². The Morgan fingerprint density at radius 1 is 0.850 bits per heavy atom. The quantitative estimate of drug-likeness (QED) is 0.295. The Morgan fingerprint density at radius 2 is 1.45 bits per heavy atom. The zero-order valence-electron chi connectivity index (χ0n) is 14.1. The second-order valence-corrected chi connectivity index (χ2v) is 9.35. The lowest BCUT2D eigenvalue weighted by atomic mass is 10.1. The number of rotatable bonds is 12. The number of hydrogen-bond acceptors (Lipinski definition) is 1. The van der Waals surface area contributed by atoms with Gasteiger partial charge in [-0.15, -0.1) is 0 Å². The molecule has 0 aromatic carbocycles. The van der Waals surface area contributed by atoms with Gasteiger partial charge in [0.15, 0.2) is 0 Å². The molecule has 1 saturated heterocycles. The molecule has 1 unspecified atom stereocenters. The Balaban J connectivity index is 1.82. The lowest BCUT2D eigenvalue weighted by Crippen LogP contribution is -2.27. The second-order valence-electron chi connectivity index (χ2n) is 6.64. The molecule has 1 nitrogen and oxygen atoms in total. The standard InChI is InChI=1S/C18H37OSi/c1-3-4-5-6-7-8-9-10-11-12-15-18(2)20-17-14-13-16-19-20/h18H,3-17H2,1-2H3. The van der Waals surface area contributed by atoms with E-state index in [1.807, 2.05) is 0 Å². The summed E-state index contributed by atoms with van der Waals surface area (Å²) in [5, 5.41) is 0. The van der Waals surface area contributed by atoms with Crippen molar-refractivity contribution >= 4 is 9.04 Å². The highest BCUT2D eigenvalue weighted by Crippen LogP contribution is 2.26. The molecule has 0 amide bonds. The van der Waals surface area contributed by atoms with Gasteiger partial charge < -0.3 is 4.43 Å². The topological polar surface area (TPSA) is 9.23 Å². The summed E-state index contributed by atoms with van der Waals surface area (Å²) in [7, 11) is -0.435. The normalized spacial score (nSPS) is 18.3. The van der Waals surface area contributed by atoms with Crippen LogP contribution in [0.3, 0.4) is 0 Å². The lowest BCUT2D eigenvalue weighted by molar-refractivity contribution is 0.278. The van der Waals surface area contributed by atoms with Crippen LogP contribution in [0.4, 0.5) is 0 Å². The van der Waals surface area contributed by atoms with E-state index in [1.165, 1.54) is 89.5 Å². The van der Waals surface area contributed by atoms with E-state index in [0.717, 1.165) is 12.1 Å². The fourth-order valence-electron chi connectivity index (χ4n) is 3.16. The van der Waals surface area contributed by atoms with Crippen molar-refractivity contribution in [1.82, 2.24) is 0 Å². The van der Waals surface area contributed by atoms with E-state index in [0.29, 0.717) is 0 Å². The molecule has 0 aromatic rings. The molecule has 1 rings (SSSR count). The molecule has 119 valence electrons. The van der Waals surface area contributed by atoms with Gasteiger partial charge >= 0.3 is 0 Å². The van der Waals surface area contributed by atoms with Crippen LogP contribution in [0, 0.1) is 0 Å². The molecule has 20 heavy (non-hydrogen) atoms. The van der Waals surface area contributed by atoms with Gasteiger partial charge in [0.2, 0.25) is 9.04 Å². The molecular formula is C18H37OSi. The zero-order valence-corrected chi connectivity index (χ0v) is 15.1. The predicted octanol–water partition coefficient (Wildman–Crippen LogP) is 6.49. The predicted molar refractivity (Wildman–Crippen MR) is 91.6 cm³/mol. The third kappa shape index (κ3) is 9.18. The van der Waals surface area contributed by atoms with Crippen molar-refractivity contribution in [2.45, 2.75) is 109 Å². The van der Waals surface area contributed by atoms with E-state index in [9.17, 15) is 0 Å². The molecule has 1 aliphatic rings. The van der Waals surface area contributed by atoms with Crippen molar-refractivity contribution < 1.29 is 4.43 Å². The summed E-state index contributed by atoms with van der Waals surface area (Å²) in [6, 6.07) is 1.41. The fraction of sp³-hybridized carbons (Fsp3) is 1.00. The first-order chi connectivity index (χ1) is 9.84. The third-order valence-corrected chi connectivity index (χ3v) is 7.45. The van der Waals surface area contributed by atoms with E-state index in [1.54, 1.807) is 0 Å². The van der Waals surface area contributed by atoms with Crippen LogP contribution in [-0.4, -0.2) is 15.6 Å². The van der Waals surface area contributed by atoms with Crippen molar-refractivity contribution in [3.8, 4) is 0 Å². The molecule has 1 atom stereocenters. The SMILES string of the molecule is CCCCCCCCCCCCC(C)[Si]1CCCCO1. The molecule has 1 heterocycles. The van der Waals surface area contributed by atoms with Gasteiger partial charge in [0.05, 0.1) is 0 Å². The van der Waals surface area contributed by atoms with E-state index in [4.69, 9.17) is 4.43 Å². The summed E-state index contributed by atoms with van der Waals surface area (Å²) in [5.74, 6) is 0. The number of unbranched alkanes of at least 4 members (excludes halogenated alkanes) is 9. The molecule has 0 N–H and O–H groups in total.